The fourth-order valence-electron chi connectivity index (χ4n) is 1.08. The average Bonchev–Trinajstić information content (AvgIpc) is 2.10. The molecule has 1 rings (SSSR count). The first-order chi connectivity index (χ1) is 4.51. The second-order valence-corrected chi connectivity index (χ2v) is 3.67. The summed E-state index contributed by atoms with van der Waals surface area (Å²) < 4.78 is 0. The monoisotopic (exact) mass is 140 g/mol. The average molecular weight is 140 g/mol. The Balaban J connectivity index is 2.66. The van der Waals surface area contributed by atoms with Crippen molar-refractivity contribution in [2.24, 2.45) is 10.9 Å². The van der Waals surface area contributed by atoms with Gasteiger partial charge in [-0.25, -0.2) is 0 Å². The van der Waals surface area contributed by atoms with Gasteiger partial charge in [0.05, 0.1) is 0 Å². The summed E-state index contributed by atoms with van der Waals surface area (Å²) in [5.41, 5.74) is 1.28. The molecule has 1 aliphatic heterocycles. The number of hydrogen-bond acceptors (Lipinski definition) is 2. The zero-order valence-electron chi connectivity index (χ0n) is 7.23. The van der Waals surface area contributed by atoms with Gasteiger partial charge in [0.15, 0.2) is 0 Å². The molecule has 0 bridgehead atoms. The van der Waals surface area contributed by atoms with E-state index in [1.165, 1.54) is 5.71 Å². The summed E-state index contributed by atoms with van der Waals surface area (Å²) in [7, 11) is 0. The minimum absolute atomic E-state index is 0.0143. The van der Waals surface area contributed by atoms with E-state index >= 15 is 0 Å². The van der Waals surface area contributed by atoms with Crippen LogP contribution in [0.1, 0.15) is 27.7 Å². The molecule has 2 nitrogen and oxygen atoms in total. The van der Waals surface area contributed by atoms with Gasteiger partial charge in [0.1, 0.15) is 5.66 Å². The van der Waals surface area contributed by atoms with Crippen LogP contribution in [-0.2, 0) is 0 Å². The zero-order chi connectivity index (χ0) is 7.78. The van der Waals surface area contributed by atoms with Gasteiger partial charge in [-0.3, -0.25) is 10.3 Å². The quantitative estimate of drug-likeness (QED) is 0.585. The van der Waals surface area contributed by atoms with E-state index in [1.807, 2.05) is 0 Å². The Bertz CT molecular complexity index is 157. The Kier molecular flexibility index (Phi) is 1.82. The molecule has 10 heavy (non-hydrogen) atoms. The number of hydrogen-bond donors (Lipinski definition) is 1. The summed E-state index contributed by atoms with van der Waals surface area (Å²) in [6.07, 6.45) is 0. The molecule has 0 unspecified atom stereocenters. The number of rotatable bonds is 1. The van der Waals surface area contributed by atoms with Crippen LogP contribution in [0.3, 0.4) is 0 Å². The maximum absolute atomic E-state index is 4.53. The number of aliphatic imine (C=N–C) groups is 1. The Hall–Kier alpha value is -0.370. The molecule has 0 amide bonds. The number of nitrogens with one attached hydrogen (secondary N) is 1. The highest BCUT2D eigenvalue weighted by Crippen LogP contribution is 2.13. The summed E-state index contributed by atoms with van der Waals surface area (Å²) in [4.78, 5) is 4.53. The van der Waals surface area contributed by atoms with Crippen molar-refractivity contribution >= 4 is 5.71 Å². The third kappa shape index (κ3) is 1.57. The van der Waals surface area contributed by atoms with Gasteiger partial charge < -0.3 is 0 Å². The van der Waals surface area contributed by atoms with Gasteiger partial charge in [0.2, 0.25) is 0 Å². The van der Waals surface area contributed by atoms with Crippen molar-refractivity contribution in [1.29, 1.82) is 0 Å². The highest BCUT2D eigenvalue weighted by atomic mass is 15.2. The topological polar surface area (TPSA) is 24.4 Å². The van der Waals surface area contributed by atoms with Gasteiger partial charge in [0.25, 0.3) is 0 Å². The summed E-state index contributed by atoms with van der Waals surface area (Å²) >= 11 is 0. The smallest absolute Gasteiger partial charge is 0.105 e. The molecular weight excluding hydrogens is 124 g/mol. The second kappa shape index (κ2) is 2.35. The molecule has 0 fully saturated rings. The third-order valence-corrected chi connectivity index (χ3v) is 1.79. The van der Waals surface area contributed by atoms with Crippen LogP contribution in [0.2, 0.25) is 0 Å². The Morgan fingerprint density at radius 1 is 1.50 bits per heavy atom. The maximum Gasteiger partial charge on any atom is 0.105 e. The molecule has 0 spiro atoms. The van der Waals surface area contributed by atoms with Gasteiger partial charge in [-0.1, -0.05) is 13.8 Å². The van der Waals surface area contributed by atoms with Crippen LogP contribution in [0.4, 0.5) is 0 Å². The fraction of sp³-hybridized carbons (Fsp3) is 0.875. The zero-order valence-corrected chi connectivity index (χ0v) is 7.23. The van der Waals surface area contributed by atoms with Crippen LogP contribution in [0.5, 0.6) is 0 Å². The maximum atomic E-state index is 4.53. The molecule has 0 radical (unpaired) electrons. The van der Waals surface area contributed by atoms with E-state index in [0.717, 1.165) is 6.54 Å². The Morgan fingerprint density at radius 3 is 2.30 bits per heavy atom. The molecule has 1 aliphatic rings. The summed E-state index contributed by atoms with van der Waals surface area (Å²) in [6, 6.07) is 0. The van der Waals surface area contributed by atoms with Crippen LogP contribution >= 0.6 is 0 Å². The summed E-state index contributed by atoms with van der Waals surface area (Å²) in [5, 5.41) is 3.32. The molecular formula is C8H16N2. The van der Waals surface area contributed by atoms with Gasteiger partial charge >= 0.3 is 0 Å². The lowest BCUT2D eigenvalue weighted by molar-refractivity contribution is 0.462. The van der Waals surface area contributed by atoms with E-state index in [9.17, 15) is 0 Å². The molecule has 0 saturated carbocycles. The molecule has 0 aliphatic carbocycles. The normalized spacial score (nSPS) is 23.5. The van der Waals surface area contributed by atoms with E-state index in [4.69, 9.17) is 0 Å². The van der Waals surface area contributed by atoms with Gasteiger partial charge in [-0.2, -0.15) is 0 Å². The minimum atomic E-state index is -0.0143. The first kappa shape index (κ1) is 7.73. The van der Waals surface area contributed by atoms with Crippen molar-refractivity contribution < 1.29 is 0 Å². The van der Waals surface area contributed by atoms with E-state index in [0.29, 0.717) is 5.92 Å². The van der Waals surface area contributed by atoms with Crippen molar-refractivity contribution in [3.8, 4) is 0 Å². The molecule has 0 aromatic rings. The van der Waals surface area contributed by atoms with E-state index in [2.05, 4.69) is 38.0 Å². The van der Waals surface area contributed by atoms with Crippen molar-refractivity contribution in [2.75, 3.05) is 6.54 Å². The van der Waals surface area contributed by atoms with Crippen LogP contribution < -0.4 is 5.32 Å². The first-order valence-corrected chi connectivity index (χ1v) is 3.85. The summed E-state index contributed by atoms with van der Waals surface area (Å²) in [5.74, 6) is 0.592. The van der Waals surface area contributed by atoms with Crippen LogP contribution in [0.15, 0.2) is 4.99 Å². The predicted molar refractivity (Wildman–Crippen MR) is 44.4 cm³/mol. The SMILES string of the molecule is CC(C)C1=NC(C)(C)NC1. The highest BCUT2D eigenvalue weighted by molar-refractivity contribution is 5.89. The predicted octanol–water partition coefficient (Wildman–Crippen LogP) is 1.42. The van der Waals surface area contributed by atoms with Crippen molar-refractivity contribution in [2.45, 2.75) is 33.4 Å². The fourth-order valence-corrected chi connectivity index (χ4v) is 1.08. The van der Waals surface area contributed by atoms with Crippen molar-refractivity contribution in [1.82, 2.24) is 5.32 Å². The third-order valence-electron chi connectivity index (χ3n) is 1.79. The molecule has 0 saturated heterocycles. The lowest BCUT2D eigenvalue weighted by atomic mass is 10.1. The molecule has 0 atom stereocenters. The van der Waals surface area contributed by atoms with Crippen LogP contribution in [0.25, 0.3) is 0 Å². The van der Waals surface area contributed by atoms with Gasteiger partial charge in [0, 0.05) is 12.3 Å². The standard InChI is InChI=1S/C8H16N2/c1-6(2)7-5-9-8(3,4)10-7/h6,9H,5H2,1-4H3. The Labute approximate surface area is 62.7 Å². The van der Waals surface area contributed by atoms with Crippen molar-refractivity contribution in [3.05, 3.63) is 0 Å². The number of nitrogens with zero attached hydrogens (tertiary/aromatic N) is 1. The Morgan fingerprint density at radius 2 is 2.10 bits per heavy atom. The van der Waals surface area contributed by atoms with Crippen LogP contribution in [-0.4, -0.2) is 17.9 Å². The molecule has 58 valence electrons. The molecule has 0 aromatic carbocycles. The van der Waals surface area contributed by atoms with E-state index < -0.39 is 0 Å². The minimum Gasteiger partial charge on any atom is -0.288 e. The van der Waals surface area contributed by atoms with Gasteiger partial charge in [-0.05, 0) is 19.8 Å². The van der Waals surface area contributed by atoms with Gasteiger partial charge in [-0.15, -0.1) is 0 Å². The van der Waals surface area contributed by atoms with E-state index in [-0.39, 0.29) is 5.66 Å². The molecule has 1 N–H and O–H groups in total. The lowest BCUT2D eigenvalue weighted by Crippen LogP contribution is -2.32. The van der Waals surface area contributed by atoms with Crippen molar-refractivity contribution in [3.63, 3.8) is 0 Å². The molecule has 2 heteroatoms. The second-order valence-electron chi connectivity index (χ2n) is 3.67. The summed E-state index contributed by atoms with van der Waals surface area (Å²) in [6.45, 7) is 9.53. The molecule has 0 aromatic heterocycles. The van der Waals surface area contributed by atoms with E-state index in [1.54, 1.807) is 0 Å². The molecule has 1 heterocycles. The largest absolute Gasteiger partial charge is 0.288 e. The highest BCUT2D eigenvalue weighted by Gasteiger charge is 2.24. The van der Waals surface area contributed by atoms with Crippen LogP contribution in [0, 0.1) is 5.92 Å². The first-order valence-electron chi connectivity index (χ1n) is 3.85. The lowest BCUT2D eigenvalue weighted by Gasteiger charge is -2.12.